The number of nitrogens with zero attached hydrogens (tertiary/aromatic N) is 2. The van der Waals surface area contributed by atoms with Gasteiger partial charge in [-0.05, 0) is 35.7 Å². The third-order valence-corrected chi connectivity index (χ3v) is 7.66. The minimum atomic E-state index is -3.88. The summed E-state index contributed by atoms with van der Waals surface area (Å²) >= 11 is 3.34. The first-order valence-electron chi connectivity index (χ1n) is 12.5. The molecule has 3 rings (SSSR count). The zero-order chi connectivity index (χ0) is 28.6. The van der Waals surface area contributed by atoms with Crippen LogP contribution in [-0.2, 0) is 32.6 Å². The fourth-order valence-electron chi connectivity index (χ4n) is 4.03. The van der Waals surface area contributed by atoms with E-state index in [4.69, 9.17) is 0 Å². The van der Waals surface area contributed by atoms with Gasteiger partial charge in [0.2, 0.25) is 21.8 Å². The van der Waals surface area contributed by atoms with Gasteiger partial charge in [-0.2, -0.15) is 0 Å². The predicted octanol–water partition coefficient (Wildman–Crippen LogP) is 4.77. The smallest absolute Gasteiger partial charge is 0.244 e. The average molecular weight is 619 g/mol. The normalized spacial score (nSPS) is 12.2. The highest BCUT2D eigenvalue weighted by Gasteiger charge is 2.33. The number of nitrogens with one attached hydrogen (secondary N) is 1. The summed E-state index contributed by atoms with van der Waals surface area (Å²) in [6.45, 7) is 3.52. The van der Waals surface area contributed by atoms with Crippen LogP contribution < -0.4 is 9.62 Å². The van der Waals surface area contributed by atoms with Crippen molar-refractivity contribution in [2.45, 2.75) is 32.9 Å². The van der Waals surface area contributed by atoms with Crippen molar-refractivity contribution < 1.29 is 22.4 Å². The first-order chi connectivity index (χ1) is 18.5. The number of hydrogen-bond acceptors (Lipinski definition) is 4. The van der Waals surface area contributed by atoms with Crippen LogP contribution >= 0.6 is 15.9 Å². The number of carbonyl (C=O) groups excluding carboxylic acids is 2. The van der Waals surface area contributed by atoms with Crippen molar-refractivity contribution in [2.75, 3.05) is 23.7 Å². The molecule has 0 aliphatic rings. The van der Waals surface area contributed by atoms with E-state index >= 15 is 0 Å². The SMILES string of the molecule is CC(C)CNC(=O)C(Cc1ccccc1)N(Cc1ccccc1F)C(=O)CN(c1cccc(Br)c1)S(C)(=O)=O. The molecule has 1 N–H and O–H groups in total. The van der Waals surface area contributed by atoms with Crippen molar-refractivity contribution in [3.8, 4) is 0 Å². The quantitative estimate of drug-likeness (QED) is 0.317. The summed E-state index contributed by atoms with van der Waals surface area (Å²) in [6, 6.07) is 20.8. The molecule has 0 aromatic heterocycles. The van der Waals surface area contributed by atoms with Crippen molar-refractivity contribution in [3.05, 3.63) is 100 Å². The molecule has 2 amide bonds. The van der Waals surface area contributed by atoms with Gasteiger partial charge in [-0.3, -0.25) is 13.9 Å². The van der Waals surface area contributed by atoms with Crippen molar-refractivity contribution in [1.82, 2.24) is 10.2 Å². The first-order valence-corrected chi connectivity index (χ1v) is 15.2. The van der Waals surface area contributed by atoms with Crippen LogP contribution in [0.15, 0.2) is 83.3 Å². The summed E-state index contributed by atoms with van der Waals surface area (Å²) in [5.41, 5.74) is 1.31. The summed E-state index contributed by atoms with van der Waals surface area (Å²) in [6.07, 6.45) is 1.18. The molecule has 0 fully saturated rings. The monoisotopic (exact) mass is 617 g/mol. The van der Waals surface area contributed by atoms with E-state index in [1.807, 2.05) is 44.2 Å². The Kier molecular flexibility index (Phi) is 10.7. The number of carbonyl (C=O) groups is 2. The van der Waals surface area contributed by atoms with Crippen LogP contribution in [0.2, 0.25) is 0 Å². The Morgan fingerprint density at radius 1 is 0.974 bits per heavy atom. The van der Waals surface area contributed by atoms with E-state index in [9.17, 15) is 22.4 Å². The average Bonchev–Trinajstić information content (AvgIpc) is 2.88. The van der Waals surface area contributed by atoms with Crippen LogP contribution in [0, 0.1) is 11.7 Å². The molecule has 10 heteroatoms. The van der Waals surface area contributed by atoms with Crippen LogP contribution in [-0.4, -0.2) is 50.5 Å². The van der Waals surface area contributed by atoms with E-state index in [0.29, 0.717) is 11.0 Å². The Balaban J connectivity index is 2.06. The van der Waals surface area contributed by atoms with E-state index in [1.165, 1.54) is 11.0 Å². The van der Waals surface area contributed by atoms with Crippen molar-refractivity contribution >= 4 is 43.5 Å². The zero-order valence-corrected chi connectivity index (χ0v) is 24.6. The van der Waals surface area contributed by atoms with E-state index < -0.39 is 40.2 Å². The van der Waals surface area contributed by atoms with Crippen LogP contribution in [0.25, 0.3) is 0 Å². The minimum Gasteiger partial charge on any atom is -0.354 e. The van der Waals surface area contributed by atoms with Gasteiger partial charge in [0.05, 0.1) is 11.9 Å². The molecule has 0 saturated heterocycles. The molecular formula is C29H33BrFN3O4S. The third-order valence-electron chi connectivity index (χ3n) is 6.03. The Bertz CT molecular complexity index is 1390. The van der Waals surface area contributed by atoms with Gasteiger partial charge in [-0.25, -0.2) is 12.8 Å². The molecule has 0 bridgehead atoms. The highest BCUT2D eigenvalue weighted by molar-refractivity contribution is 9.10. The Labute approximate surface area is 238 Å². The van der Waals surface area contributed by atoms with Crippen molar-refractivity contribution in [2.24, 2.45) is 5.92 Å². The lowest BCUT2D eigenvalue weighted by Gasteiger charge is -2.33. The van der Waals surface area contributed by atoms with E-state index in [0.717, 1.165) is 16.1 Å². The second kappa shape index (κ2) is 13.7. The van der Waals surface area contributed by atoms with Crippen LogP contribution in [0.1, 0.15) is 25.0 Å². The standard InChI is InChI=1S/C29H33BrFN3O4S/c1-21(2)18-32-29(36)27(16-22-10-5-4-6-11-22)33(19-23-12-7-8-15-26(23)31)28(35)20-34(39(3,37)38)25-14-9-13-24(30)17-25/h4-15,17,21,27H,16,18-20H2,1-3H3,(H,32,36). The van der Waals surface area contributed by atoms with Gasteiger partial charge in [-0.1, -0.05) is 84.4 Å². The zero-order valence-electron chi connectivity index (χ0n) is 22.2. The molecule has 208 valence electrons. The van der Waals surface area contributed by atoms with E-state index in [1.54, 1.807) is 42.5 Å². The third kappa shape index (κ3) is 8.90. The van der Waals surface area contributed by atoms with E-state index in [-0.39, 0.29) is 30.1 Å². The van der Waals surface area contributed by atoms with Gasteiger partial charge in [0.25, 0.3) is 0 Å². The molecule has 7 nitrogen and oxygen atoms in total. The van der Waals surface area contributed by atoms with Crippen molar-refractivity contribution in [1.29, 1.82) is 0 Å². The maximum Gasteiger partial charge on any atom is 0.244 e. The number of hydrogen-bond donors (Lipinski definition) is 1. The predicted molar refractivity (Wildman–Crippen MR) is 155 cm³/mol. The molecule has 0 radical (unpaired) electrons. The van der Waals surface area contributed by atoms with E-state index in [2.05, 4.69) is 21.2 Å². The fraction of sp³-hybridized carbons (Fsp3) is 0.310. The van der Waals surface area contributed by atoms with Gasteiger partial charge < -0.3 is 10.2 Å². The fourth-order valence-corrected chi connectivity index (χ4v) is 5.26. The molecule has 1 unspecified atom stereocenters. The molecule has 0 heterocycles. The number of sulfonamides is 1. The minimum absolute atomic E-state index is 0.166. The number of anilines is 1. The molecule has 0 aliphatic heterocycles. The highest BCUT2D eigenvalue weighted by atomic mass is 79.9. The summed E-state index contributed by atoms with van der Waals surface area (Å²) < 4.78 is 42.0. The molecule has 0 saturated carbocycles. The molecular weight excluding hydrogens is 585 g/mol. The number of benzene rings is 3. The van der Waals surface area contributed by atoms with Crippen LogP contribution in [0.5, 0.6) is 0 Å². The largest absolute Gasteiger partial charge is 0.354 e. The number of halogens is 2. The van der Waals surface area contributed by atoms with Gasteiger partial charge in [0.1, 0.15) is 18.4 Å². The molecule has 3 aromatic rings. The maximum atomic E-state index is 14.8. The van der Waals surface area contributed by atoms with Gasteiger partial charge in [0.15, 0.2) is 0 Å². The van der Waals surface area contributed by atoms with Crippen LogP contribution in [0.4, 0.5) is 10.1 Å². The summed E-state index contributed by atoms with van der Waals surface area (Å²) in [5, 5.41) is 2.90. The van der Waals surface area contributed by atoms with Gasteiger partial charge in [-0.15, -0.1) is 0 Å². The van der Waals surface area contributed by atoms with Crippen molar-refractivity contribution in [3.63, 3.8) is 0 Å². The lowest BCUT2D eigenvalue weighted by molar-refractivity contribution is -0.140. The lowest BCUT2D eigenvalue weighted by atomic mass is 10.0. The summed E-state index contributed by atoms with van der Waals surface area (Å²) in [4.78, 5) is 28.8. The summed E-state index contributed by atoms with van der Waals surface area (Å²) in [5.74, 6) is -1.39. The maximum absolute atomic E-state index is 14.8. The number of rotatable bonds is 12. The molecule has 1 atom stereocenters. The topological polar surface area (TPSA) is 86.8 Å². The second-order valence-corrected chi connectivity index (χ2v) is 12.5. The highest BCUT2D eigenvalue weighted by Crippen LogP contribution is 2.24. The number of amides is 2. The Hall–Kier alpha value is -3.24. The second-order valence-electron chi connectivity index (χ2n) is 9.71. The Morgan fingerprint density at radius 2 is 1.64 bits per heavy atom. The molecule has 0 spiro atoms. The van der Waals surface area contributed by atoms with Gasteiger partial charge in [0, 0.05) is 29.5 Å². The molecule has 0 aliphatic carbocycles. The Morgan fingerprint density at radius 3 is 2.26 bits per heavy atom. The summed E-state index contributed by atoms with van der Waals surface area (Å²) in [7, 11) is -3.88. The molecule has 3 aromatic carbocycles. The first kappa shape index (κ1) is 30.3. The van der Waals surface area contributed by atoms with Crippen LogP contribution in [0.3, 0.4) is 0 Å². The van der Waals surface area contributed by atoms with Gasteiger partial charge >= 0.3 is 0 Å². The molecule has 39 heavy (non-hydrogen) atoms. The lowest BCUT2D eigenvalue weighted by Crippen LogP contribution is -2.53.